The van der Waals surface area contributed by atoms with Crippen LogP contribution in [0.4, 0.5) is 0 Å². The van der Waals surface area contributed by atoms with Crippen LogP contribution in [0.1, 0.15) is 24.0 Å². The minimum Gasteiger partial charge on any atom is -0.352 e. The second-order valence-electron chi connectivity index (χ2n) is 4.67. The van der Waals surface area contributed by atoms with E-state index in [1.807, 2.05) is 12.1 Å². The number of carbonyl (C=O) groups excluding carboxylic acids is 1. The zero-order valence-corrected chi connectivity index (χ0v) is 10.3. The second kappa shape index (κ2) is 5.82. The summed E-state index contributed by atoms with van der Waals surface area (Å²) in [5, 5.41) is 6.32. The van der Waals surface area contributed by atoms with Gasteiger partial charge in [0.2, 0.25) is 5.91 Å². The van der Waals surface area contributed by atoms with Gasteiger partial charge in [-0.2, -0.15) is 0 Å². The SMILES string of the molecule is Cc1ccccc1CNC(=O)C1CCNCC1. The van der Waals surface area contributed by atoms with Gasteiger partial charge in [0.15, 0.2) is 0 Å². The van der Waals surface area contributed by atoms with Gasteiger partial charge in [-0.25, -0.2) is 0 Å². The maximum atomic E-state index is 11.9. The molecule has 1 aromatic rings. The summed E-state index contributed by atoms with van der Waals surface area (Å²) >= 11 is 0. The molecule has 0 saturated carbocycles. The van der Waals surface area contributed by atoms with E-state index in [9.17, 15) is 4.79 Å². The zero-order chi connectivity index (χ0) is 12.1. The topological polar surface area (TPSA) is 41.1 Å². The first-order valence-electron chi connectivity index (χ1n) is 6.30. The van der Waals surface area contributed by atoms with Crippen LogP contribution in [0.3, 0.4) is 0 Å². The van der Waals surface area contributed by atoms with Crippen molar-refractivity contribution < 1.29 is 4.79 Å². The average Bonchev–Trinajstić information content (AvgIpc) is 2.38. The lowest BCUT2D eigenvalue weighted by molar-refractivity contribution is -0.125. The quantitative estimate of drug-likeness (QED) is 0.831. The number of amides is 1. The highest BCUT2D eigenvalue weighted by molar-refractivity contribution is 5.78. The smallest absolute Gasteiger partial charge is 0.223 e. The van der Waals surface area contributed by atoms with Gasteiger partial charge in [0.1, 0.15) is 0 Å². The van der Waals surface area contributed by atoms with Crippen molar-refractivity contribution in [1.82, 2.24) is 10.6 Å². The predicted octanol–water partition coefficient (Wildman–Crippen LogP) is 1.61. The molecule has 0 bridgehead atoms. The number of carbonyl (C=O) groups is 1. The summed E-state index contributed by atoms with van der Waals surface area (Å²) in [4.78, 5) is 11.9. The highest BCUT2D eigenvalue weighted by Gasteiger charge is 2.20. The van der Waals surface area contributed by atoms with Crippen molar-refractivity contribution in [3.8, 4) is 0 Å². The molecule has 0 radical (unpaired) electrons. The molecule has 0 unspecified atom stereocenters. The van der Waals surface area contributed by atoms with Crippen LogP contribution in [0, 0.1) is 12.8 Å². The van der Waals surface area contributed by atoms with Gasteiger partial charge < -0.3 is 10.6 Å². The number of hydrogen-bond acceptors (Lipinski definition) is 2. The molecule has 0 spiro atoms. The lowest BCUT2D eigenvalue weighted by Crippen LogP contribution is -2.37. The van der Waals surface area contributed by atoms with E-state index in [1.54, 1.807) is 0 Å². The summed E-state index contributed by atoms with van der Waals surface area (Å²) in [5.41, 5.74) is 2.44. The van der Waals surface area contributed by atoms with E-state index in [0.717, 1.165) is 25.9 Å². The van der Waals surface area contributed by atoms with E-state index in [-0.39, 0.29) is 11.8 Å². The van der Waals surface area contributed by atoms with Crippen LogP contribution in [-0.4, -0.2) is 19.0 Å². The lowest BCUT2D eigenvalue weighted by atomic mass is 9.97. The normalized spacial score (nSPS) is 16.8. The minimum atomic E-state index is 0.195. The predicted molar refractivity (Wildman–Crippen MR) is 68.6 cm³/mol. The third kappa shape index (κ3) is 3.30. The van der Waals surface area contributed by atoms with Crippen molar-refractivity contribution in [2.45, 2.75) is 26.3 Å². The van der Waals surface area contributed by atoms with Gasteiger partial charge in [0.05, 0.1) is 0 Å². The zero-order valence-electron chi connectivity index (χ0n) is 10.3. The fourth-order valence-electron chi connectivity index (χ4n) is 2.22. The standard InChI is InChI=1S/C14H20N2O/c1-11-4-2-3-5-13(11)10-16-14(17)12-6-8-15-9-7-12/h2-5,12,15H,6-10H2,1H3,(H,16,17). The molecule has 1 saturated heterocycles. The van der Waals surface area contributed by atoms with Crippen LogP contribution in [-0.2, 0) is 11.3 Å². The Morgan fingerprint density at radius 3 is 2.76 bits per heavy atom. The number of hydrogen-bond donors (Lipinski definition) is 2. The summed E-state index contributed by atoms with van der Waals surface area (Å²) in [6, 6.07) is 8.18. The van der Waals surface area contributed by atoms with Crippen LogP contribution in [0.2, 0.25) is 0 Å². The highest BCUT2D eigenvalue weighted by Crippen LogP contribution is 2.12. The molecule has 3 heteroatoms. The van der Waals surface area contributed by atoms with Gasteiger partial charge in [-0.15, -0.1) is 0 Å². The van der Waals surface area contributed by atoms with E-state index in [2.05, 4.69) is 29.7 Å². The maximum absolute atomic E-state index is 11.9. The molecule has 1 aliphatic rings. The average molecular weight is 232 g/mol. The molecule has 1 aromatic carbocycles. The molecule has 0 aromatic heterocycles. The Kier molecular flexibility index (Phi) is 4.15. The summed E-state index contributed by atoms with van der Waals surface area (Å²) < 4.78 is 0. The van der Waals surface area contributed by atoms with Crippen molar-refractivity contribution >= 4 is 5.91 Å². The highest BCUT2D eigenvalue weighted by atomic mass is 16.1. The molecule has 1 heterocycles. The summed E-state index contributed by atoms with van der Waals surface area (Å²) in [6.45, 7) is 4.65. The molecule has 3 nitrogen and oxygen atoms in total. The molecule has 1 aliphatic heterocycles. The largest absolute Gasteiger partial charge is 0.352 e. The lowest BCUT2D eigenvalue weighted by Gasteiger charge is -2.21. The molecular formula is C14H20N2O. The van der Waals surface area contributed by atoms with Gasteiger partial charge in [-0.3, -0.25) is 4.79 Å². The van der Waals surface area contributed by atoms with Gasteiger partial charge in [-0.05, 0) is 44.0 Å². The number of rotatable bonds is 3. The molecule has 0 aliphatic carbocycles. The molecule has 92 valence electrons. The first-order chi connectivity index (χ1) is 8.27. The van der Waals surface area contributed by atoms with E-state index in [1.165, 1.54) is 11.1 Å². The molecule has 2 rings (SSSR count). The maximum Gasteiger partial charge on any atom is 0.223 e. The number of nitrogens with one attached hydrogen (secondary N) is 2. The molecular weight excluding hydrogens is 212 g/mol. The van der Waals surface area contributed by atoms with Crippen LogP contribution in [0.15, 0.2) is 24.3 Å². The second-order valence-corrected chi connectivity index (χ2v) is 4.67. The first kappa shape index (κ1) is 12.1. The van der Waals surface area contributed by atoms with Crippen LogP contribution >= 0.6 is 0 Å². The Labute approximate surface area is 103 Å². The summed E-state index contributed by atoms with van der Waals surface area (Å²) in [7, 11) is 0. The number of aryl methyl sites for hydroxylation is 1. The number of benzene rings is 1. The fourth-order valence-corrected chi connectivity index (χ4v) is 2.22. The van der Waals surface area contributed by atoms with E-state index < -0.39 is 0 Å². The third-order valence-corrected chi connectivity index (χ3v) is 3.42. The van der Waals surface area contributed by atoms with E-state index >= 15 is 0 Å². The summed E-state index contributed by atoms with van der Waals surface area (Å²) in [5.74, 6) is 0.398. The molecule has 17 heavy (non-hydrogen) atoms. The van der Waals surface area contributed by atoms with E-state index in [0.29, 0.717) is 6.54 Å². The molecule has 0 atom stereocenters. The van der Waals surface area contributed by atoms with Crippen molar-refractivity contribution in [3.05, 3.63) is 35.4 Å². The van der Waals surface area contributed by atoms with Crippen molar-refractivity contribution in [1.29, 1.82) is 0 Å². The Morgan fingerprint density at radius 1 is 1.35 bits per heavy atom. The van der Waals surface area contributed by atoms with Crippen LogP contribution in [0.5, 0.6) is 0 Å². The van der Waals surface area contributed by atoms with Gasteiger partial charge in [0.25, 0.3) is 0 Å². The van der Waals surface area contributed by atoms with Crippen molar-refractivity contribution in [2.75, 3.05) is 13.1 Å². The Hall–Kier alpha value is -1.35. The molecule has 2 N–H and O–H groups in total. The Balaban J connectivity index is 1.85. The summed E-state index contributed by atoms with van der Waals surface area (Å²) in [6.07, 6.45) is 1.92. The van der Waals surface area contributed by atoms with Crippen molar-refractivity contribution in [3.63, 3.8) is 0 Å². The van der Waals surface area contributed by atoms with Crippen LogP contribution in [0.25, 0.3) is 0 Å². The van der Waals surface area contributed by atoms with Crippen molar-refractivity contribution in [2.24, 2.45) is 5.92 Å². The van der Waals surface area contributed by atoms with Gasteiger partial charge in [0, 0.05) is 12.5 Å². The first-order valence-corrected chi connectivity index (χ1v) is 6.30. The van der Waals surface area contributed by atoms with Gasteiger partial charge >= 0.3 is 0 Å². The molecule has 1 fully saturated rings. The van der Waals surface area contributed by atoms with Gasteiger partial charge in [-0.1, -0.05) is 24.3 Å². The third-order valence-electron chi connectivity index (χ3n) is 3.42. The number of piperidine rings is 1. The van der Waals surface area contributed by atoms with Crippen LogP contribution < -0.4 is 10.6 Å². The Morgan fingerprint density at radius 2 is 2.06 bits per heavy atom. The molecule has 1 amide bonds. The Bertz CT molecular complexity index is 384. The monoisotopic (exact) mass is 232 g/mol. The fraction of sp³-hybridized carbons (Fsp3) is 0.500. The minimum absolute atomic E-state index is 0.195. The van der Waals surface area contributed by atoms with E-state index in [4.69, 9.17) is 0 Å².